The number of hydrogen-bond donors (Lipinski definition) is 0. The van der Waals surface area contributed by atoms with Crippen LogP contribution in [0.15, 0.2) is 36.9 Å². The number of methoxy groups -OCH3 is 3. The molecule has 0 saturated carbocycles. The number of ether oxygens (including phenoxy) is 3. The van der Waals surface area contributed by atoms with Crippen molar-refractivity contribution in [1.82, 2.24) is 34.3 Å². The van der Waals surface area contributed by atoms with Crippen molar-refractivity contribution in [3.8, 4) is 40.4 Å². The van der Waals surface area contributed by atoms with Crippen LogP contribution in [0.2, 0.25) is 0 Å². The predicted molar refractivity (Wildman–Crippen MR) is 114 cm³/mol. The Morgan fingerprint density at radius 2 is 1.78 bits per heavy atom. The summed E-state index contributed by atoms with van der Waals surface area (Å²) in [6.07, 6.45) is 4.92. The van der Waals surface area contributed by atoms with E-state index in [0.717, 1.165) is 28.5 Å². The molecule has 0 amide bonds. The second-order valence-corrected chi connectivity index (χ2v) is 6.95. The van der Waals surface area contributed by atoms with Gasteiger partial charge in [0, 0.05) is 12.7 Å². The van der Waals surface area contributed by atoms with Gasteiger partial charge in [0.2, 0.25) is 5.82 Å². The van der Waals surface area contributed by atoms with E-state index in [0.29, 0.717) is 36.2 Å². The molecule has 10 heteroatoms. The van der Waals surface area contributed by atoms with Crippen molar-refractivity contribution < 1.29 is 14.2 Å². The van der Waals surface area contributed by atoms with E-state index in [2.05, 4.69) is 37.0 Å². The van der Waals surface area contributed by atoms with Gasteiger partial charge in [0.05, 0.1) is 44.5 Å². The van der Waals surface area contributed by atoms with Gasteiger partial charge in [-0.05, 0) is 30.0 Å². The van der Waals surface area contributed by atoms with Crippen molar-refractivity contribution in [2.75, 3.05) is 21.3 Å². The third-order valence-corrected chi connectivity index (χ3v) is 5.14. The number of hydrogen-bond acceptors (Lipinski definition) is 8. The molecule has 0 N–H and O–H groups in total. The van der Waals surface area contributed by atoms with Crippen molar-refractivity contribution in [3.05, 3.63) is 60.0 Å². The van der Waals surface area contributed by atoms with E-state index in [9.17, 15) is 0 Å². The number of benzene rings is 1. The van der Waals surface area contributed by atoms with Gasteiger partial charge in [0.25, 0.3) is 0 Å². The summed E-state index contributed by atoms with van der Waals surface area (Å²) in [5.74, 6) is 9.21. The van der Waals surface area contributed by atoms with Crippen LogP contribution in [0.5, 0.6) is 11.5 Å². The Kier molecular flexibility index (Phi) is 5.01. The topological polar surface area (TPSA) is 102 Å². The lowest BCUT2D eigenvalue weighted by atomic mass is 10.1. The van der Waals surface area contributed by atoms with Crippen LogP contribution in [0.4, 0.5) is 0 Å². The molecule has 1 aliphatic heterocycles. The van der Waals surface area contributed by atoms with Gasteiger partial charge in [-0.3, -0.25) is 4.57 Å². The zero-order chi connectivity index (χ0) is 22.1. The highest BCUT2D eigenvalue weighted by Crippen LogP contribution is 2.34. The fraction of sp³-hybridized carbons (Fsp3) is 0.227. The molecular formula is C22H19N7O3. The SMILES string of the molecule is COCc1nnc2n1Cc1c(C#Cc3ncc(OC)cn3)ncn1-c1ccc(OC)cc1-2. The van der Waals surface area contributed by atoms with Crippen LogP contribution in [0, 0.1) is 11.8 Å². The van der Waals surface area contributed by atoms with Crippen molar-refractivity contribution in [1.29, 1.82) is 0 Å². The van der Waals surface area contributed by atoms with E-state index in [4.69, 9.17) is 14.2 Å². The average Bonchev–Trinajstić information content (AvgIpc) is 3.39. The van der Waals surface area contributed by atoms with Gasteiger partial charge in [-0.2, -0.15) is 0 Å². The zero-order valence-electron chi connectivity index (χ0n) is 17.7. The minimum atomic E-state index is 0.334. The maximum Gasteiger partial charge on any atom is 0.205 e. The van der Waals surface area contributed by atoms with Gasteiger partial charge in [0.15, 0.2) is 17.4 Å². The molecule has 32 heavy (non-hydrogen) atoms. The highest BCUT2D eigenvalue weighted by molar-refractivity contribution is 5.71. The second-order valence-electron chi connectivity index (χ2n) is 6.95. The molecule has 4 aromatic rings. The van der Waals surface area contributed by atoms with E-state index in [1.165, 1.54) is 0 Å². The Labute approximate surface area is 183 Å². The lowest BCUT2D eigenvalue weighted by Gasteiger charge is -2.09. The number of aromatic nitrogens is 7. The Morgan fingerprint density at radius 3 is 2.53 bits per heavy atom. The summed E-state index contributed by atoms with van der Waals surface area (Å²) in [6.45, 7) is 0.812. The van der Waals surface area contributed by atoms with E-state index in [-0.39, 0.29) is 0 Å². The van der Waals surface area contributed by atoms with E-state index >= 15 is 0 Å². The summed E-state index contributed by atoms with van der Waals surface area (Å²) in [6, 6.07) is 5.82. The summed E-state index contributed by atoms with van der Waals surface area (Å²) in [4.78, 5) is 13.0. The Hall–Kier alpha value is -4.23. The summed E-state index contributed by atoms with van der Waals surface area (Å²) < 4.78 is 19.9. The molecule has 0 spiro atoms. The molecule has 0 unspecified atom stereocenters. The molecular weight excluding hydrogens is 410 g/mol. The maximum atomic E-state index is 5.44. The molecule has 0 bridgehead atoms. The first-order chi connectivity index (χ1) is 15.7. The number of rotatable bonds is 4. The van der Waals surface area contributed by atoms with Gasteiger partial charge in [-0.15, -0.1) is 10.2 Å². The van der Waals surface area contributed by atoms with Gasteiger partial charge in [-0.25, -0.2) is 15.0 Å². The van der Waals surface area contributed by atoms with Gasteiger partial charge >= 0.3 is 0 Å². The van der Waals surface area contributed by atoms with E-state index in [1.807, 2.05) is 27.3 Å². The first kappa shape index (κ1) is 19.7. The first-order valence-corrected chi connectivity index (χ1v) is 9.76. The molecule has 0 fully saturated rings. The third-order valence-electron chi connectivity index (χ3n) is 5.14. The Morgan fingerprint density at radius 1 is 0.969 bits per heavy atom. The molecule has 0 saturated heterocycles. The van der Waals surface area contributed by atoms with Crippen LogP contribution in [0.1, 0.15) is 23.0 Å². The molecule has 0 radical (unpaired) electrons. The monoisotopic (exact) mass is 429 g/mol. The van der Waals surface area contributed by atoms with Gasteiger partial charge in [-0.1, -0.05) is 0 Å². The first-order valence-electron chi connectivity index (χ1n) is 9.76. The molecule has 1 aliphatic rings. The highest BCUT2D eigenvalue weighted by Gasteiger charge is 2.26. The lowest BCUT2D eigenvalue weighted by Crippen LogP contribution is -2.09. The highest BCUT2D eigenvalue weighted by atomic mass is 16.5. The number of fused-ring (bicyclic) bond motifs is 5. The fourth-order valence-corrected chi connectivity index (χ4v) is 3.56. The summed E-state index contributed by atoms with van der Waals surface area (Å²) in [7, 11) is 4.83. The van der Waals surface area contributed by atoms with Crippen molar-refractivity contribution in [2.45, 2.75) is 13.2 Å². The molecule has 160 valence electrons. The quantitative estimate of drug-likeness (QED) is 0.399. The predicted octanol–water partition coefficient (Wildman–Crippen LogP) is 1.85. The largest absolute Gasteiger partial charge is 0.497 e. The van der Waals surface area contributed by atoms with Crippen molar-refractivity contribution in [2.24, 2.45) is 0 Å². The van der Waals surface area contributed by atoms with Crippen LogP contribution in [-0.2, 0) is 17.9 Å². The fourth-order valence-electron chi connectivity index (χ4n) is 3.56. The Bertz CT molecular complexity index is 1350. The van der Waals surface area contributed by atoms with Crippen LogP contribution in [0.3, 0.4) is 0 Å². The number of imidazole rings is 1. The zero-order valence-corrected chi connectivity index (χ0v) is 17.7. The number of nitrogens with zero attached hydrogens (tertiary/aromatic N) is 7. The third kappa shape index (κ3) is 3.34. The maximum absolute atomic E-state index is 5.44. The minimum absolute atomic E-state index is 0.334. The molecule has 3 aromatic heterocycles. The molecule has 0 aliphatic carbocycles. The smallest absolute Gasteiger partial charge is 0.205 e. The second kappa shape index (κ2) is 8.13. The van der Waals surface area contributed by atoms with Crippen LogP contribution < -0.4 is 9.47 Å². The molecule has 0 atom stereocenters. The van der Waals surface area contributed by atoms with Gasteiger partial charge < -0.3 is 18.8 Å². The Balaban J connectivity index is 1.64. The van der Waals surface area contributed by atoms with Gasteiger partial charge in [0.1, 0.15) is 24.4 Å². The lowest BCUT2D eigenvalue weighted by molar-refractivity contribution is 0.174. The van der Waals surface area contributed by atoms with Crippen LogP contribution in [-0.4, -0.2) is 55.6 Å². The van der Waals surface area contributed by atoms with Crippen LogP contribution >= 0.6 is 0 Å². The summed E-state index contributed by atoms with van der Waals surface area (Å²) in [5.41, 5.74) is 3.31. The molecule has 1 aromatic carbocycles. The molecule has 5 rings (SSSR count). The summed E-state index contributed by atoms with van der Waals surface area (Å²) >= 11 is 0. The normalized spacial score (nSPS) is 11.5. The molecule has 4 heterocycles. The van der Waals surface area contributed by atoms with Crippen LogP contribution in [0.25, 0.3) is 17.1 Å². The molecule has 10 nitrogen and oxygen atoms in total. The van der Waals surface area contributed by atoms with E-state index < -0.39 is 0 Å². The van der Waals surface area contributed by atoms with E-state index in [1.54, 1.807) is 40.1 Å². The summed E-state index contributed by atoms with van der Waals surface area (Å²) in [5, 5.41) is 8.76. The average molecular weight is 429 g/mol. The van der Waals surface area contributed by atoms with Crippen molar-refractivity contribution >= 4 is 0 Å². The standard InChI is InChI=1S/C22H19N7O3/c1-30-12-21-26-27-22-16-8-14(31-2)4-6-18(16)29-13-25-17(19(29)11-28(21)22)5-7-20-23-9-15(32-3)10-24-20/h4,6,8-10,13H,11-12H2,1-3H3. The minimum Gasteiger partial charge on any atom is -0.497 e. The van der Waals surface area contributed by atoms with Crippen molar-refractivity contribution in [3.63, 3.8) is 0 Å².